The molecule has 3 heterocycles. The SMILES string of the molecule is CCCCn1nnnc1CSc1nnc2n(-c3cccc(C)c3C)c(=O)c3ccccc3n12. The molecule has 0 spiro atoms. The first-order valence-electron chi connectivity index (χ1n) is 10.9. The van der Waals surface area contributed by atoms with Gasteiger partial charge in [-0.25, -0.2) is 9.25 Å². The minimum atomic E-state index is -0.112. The number of aromatic nitrogens is 8. The standard InChI is InChI=1S/C23H24N8OS/c1-4-5-13-29-20(24-27-28-29)14-33-23-26-25-22-30(18-12-8-9-15(2)16(18)3)21(32)17-10-6-7-11-19(17)31(22)23/h6-12H,4-5,13-14H2,1-3H3. The summed E-state index contributed by atoms with van der Waals surface area (Å²) < 4.78 is 5.44. The normalized spacial score (nSPS) is 11.6. The summed E-state index contributed by atoms with van der Waals surface area (Å²) in [5, 5.41) is 22.3. The molecule has 0 aliphatic carbocycles. The molecule has 9 nitrogen and oxygen atoms in total. The van der Waals surface area contributed by atoms with Gasteiger partial charge in [-0.05, 0) is 60.0 Å². The fraction of sp³-hybridized carbons (Fsp3) is 0.304. The number of fused-ring (bicyclic) bond motifs is 3. The smallest absolute Gasteiger partial charge is 0.267 e. The minimum Gasteiger partial charge on any atom is -0.268 e. The second kappa shape index (κ2) is 8.78. The summed E-state index contributed by atoms with van der Waals surface area (Å²) in [4.78, 5) is 13.6. The van der Waals surface area contributed by atoms with Gasteiger partial charge in [-0.15, -0.1) is 15.3 Å². The van der Waals surface area contributed by atoms with E-state index in [4.69, 9.17) is 0 Å². The van der Waals surface area contributed by atoms with Crippen LogP contribution in [-0.2, 0) is 12.3 Å². The number of hydrogen-bond acceptors (Lipinski definition) is 7. The first-order valence-corrected chi connectivity index (χ1v) is 11.9. The lowest BCUT2D eigenvalue weighted by Gasteiger charge is -2.14. The lowest BCUT2D eigenvalue weighted by molar-refractivity contribution is 0.540. The number of benzene rings is 2. The summed E-state index contributed by atoms with van der Waals surface area (Å²) in [5.74, 6) is 1.83. The monoisotopic (exact) mass is 460 g/mol. The highest BCUT2D eigenvalue weighted by Crippen LogP contribution is 2.26. The fourth-order valence-electron chi connectivity index (χ4n) is 3.90. The first-order chi connectivity index (χ1) is 16.1. The number of aryl methyl sites for hydroxylation is 2. The van der Waals surface area contributed by atoms with Crippen LogP contribution in [0.15, 0.2) is 52.4 Å². The molecule has 0 saturated carbocycles. The van der Waals surface area contributed by atoms with E-state index in [9.17, 15) is 4.79 Å². The molecule has 0 aliphatic rings. The summed E-state index contributed by atoms with van der Waals surface area (Å²) in [5.41, 5.74) is 3.61. The average molecular weight is 461 g/mol. The third kappa shape index (κ3) is 3.70. The molecular weight excluding hydrogens is 436 g/mol. The van der Waals surface area contributed by atoms with Crippen LogP contribution in [-0.4, -0.2) is 39.4 Å². The van der Waals surface area contributed by atoms with E-state index in [1.807, 2.05) is 65.4 Å². The second-order valence-corrected chi connectivity index (χ2v) is 8.90. The van der Waals surface area contributed by atoms with Crippen molar-refractivity contribution in [3.8, 4) is 5.69 Å². The van der Waals surface area contributed by atoms with E-state index in [1.54, 1.807) is 4.57 Å². The number of hydrogen-bond donors (Lipinski definition) is 0. The number of nitrogens with zero attached hydrogens (tertiary/aromatic N) is 8. The topological polar surface area (TPSA) is 95.8 Å². The zero-order chi connectivity index (χ0) is 22.9. The van der Waals surface area contributed by atoms with Crippen LogP contribution < -0.4 is 5.56 Å². The Labute approximate surface area is 194 Å². The van der Waals surface area contributed by atoms with Crippen molar-refractivity contribution >= 4 is 28.4 Å². The van der Waals surface area contributed by atoms with Crippen LogP contribution in [0.3, 0.4) is 0 Å². The van der Waals surface area contributed by atoms with Crippen molar-refractivity contribution in [2.45, 2.75) is 51.1 Å². The molecule has 10 heteroatoms. The van der Waals surface area contributed by atoms with Crippen LogP contribution in [0.4, 0.5) is 0 Å². The molecule has 0 unspecified atom stereocenters. The largest absolute Gasteiger partial charge is 0.268 e. The quantitative estimate of drug-likeness (QED) is 0.342. The molecule has 0 fully saturated rings. The minimum absolute atomic E-state index is 0.112. The molecule has 0 atom stereocenters. The van der Waals surface area contributed by atoms with Gasteiger partial charge in [0.05, 0.1) is 22.3 Å². The van der Waals surface area contributed by atoms with Crippen molar-refractivity contribution in [2.24, 2.45) is 0 Å². The summed E-state index contributed by atoms with van der Waals surface area (Å²) in [7, 11) is 0. The van der Waals surface area contributed by atoms with Gasteiger partial charge in [0.2, 0.25) is 5.78 Å². The average Bonchev–Trinajstić information content (AvgIpc) is 3.46. The third-order valence-electron chi connectivity index (χ3n) is 5.87. The highest BCUT2D eigenvalue weighted by Gasteiger charge is 2.20. The van der Waals surface area contributed by atoms with Crippen LogP contribution in [0.2, 0.25) is 0 Å². The summed E-state index contributed by atoms with van der Waals surface area (Å²) in [6, 6.07) is 13.5. The van der Waals surface area contributed by atoms with E-state index in [1.165, 1.54) is 11.8 Å². The predicted octanol–water partition coefficient (Wildman–Crippen LogP) is 3.73. The molecule has 0 amide bonds. The fourth-order valence-corrected chi connectivity index (χ4v) is 4.78. The molecule has 5 rings (SSSR count). The van der Waals surface area contributed by atoms with Crippen LogP contribution in [0.25, 0.3) is 22.4 Å². The zero-order valence-electron chi connectivity index (χ0n) is 18.8. The lowest BCUT2D eigenvalue weighted by Crippen LogP contribution is -2.22. The van der Waals surface area contributed by atoms with Gasteiger partial charge in [0, 0.05) is 6.54 Å². The van der Waals surface area contributed by atoms with Crippen molar-refractivity contribution < 1.29 is 0 Å². The second-order valence-electron chi connectivity index (χ2n) is 7.96. The van der Waals surface area contributed by atoms with Crippen molar-refractivity contribution in [1.29, 1.82) is 0 Å². The van der Waals surface area contributed by atoms with Crippen molar-refractivity contribution in [2.75, 3.05) is 0 Å². The Balaban J connectivity index is 1.66. The van der Waals surface area contributed by atoms with Crippen LogP contribution in [0.1, 0.15) is 36.7 Å². The molecule has 2 aromatic carbocycles. The summed E-state index contributed by atoms with van der Waals surface area (Å²) in [6.45, 7) is 6.98. The molecule has 0 saturated heterocycles. The van der Waals surface area contributed by atoms with Gasteiger partial charge in [0.15, 0.2) is 11.0 Å². The maximum Gasteiger partial charge on any atom is 0.267 e. The summed E-state index contributed by atoms with van der Waals surface area (Å²) in [6.07, 6.45) is 2.09. The van der Waals surface area contributed by atoms with Crippen LogP contribution in [0.5, 0.6) is 0 Å². The number of tetrazole rings is 1. The molecule has 33 heavy (non-hydrogen) atoms. The number of thioether (sulfide) groups is 1. The maximum absolute atomic E-state index is 13.6. The Bertz CT molecular complexity index is 1520. The third-order valence-corrected chi connectivity index (χ3v) is 6.80. The van der Waals surface area contributed by atoms with Gasteiger partial charge in [0.1, 0.15) is 0 Å². The highest BCUT2D eigenvalue weighted by molar-refractivity contribution is 7.98. The molecule has 3 aromatic heterocycles. The Kier molecular flexibility index (Phi) is 5.67. The van der Waals surface area contributed by atoms with E-state index in [0.29, 0.717) is 22.1 Å². The number of rotatable bonds is 7. The predicted molar refractivity (Wildman–Crippen MR) is 128 cm³/mol. The molecule has 0 bridgehead atoms. The molecule has 0 N–H and O–H groups in total. The van der Waals surface area contributed by atoms with Crippen molar-refractivity contribution in [1.82, 2.24) is 39.4 Å². The van der Waals surface area contributed by atoms with Crippen LogP contribution >= 0.6 is 11.8 Å². The van der Waals surface area contributed by atoms with Gasteiger partial charge in [-0.2, -0.15) is 0 Å². The van der Waals surface area contributed by atoms with E-state index in [2.05, 4.69) is 32.6 Å². The molecule has 5 aromatic rings. The van der Waals surface area contributed by atoms with Crippen LogP contribution in [0, 0.1) is 13.8 Å². The van der Waals surface area contributed by atoms with Crippen molar-refractivity contribution in [3.63, 3.8) is 0 Å². The maximum atomic E-state index is 13.6. The number of para-hydroxylation sites is 1. The molecular formula is C23H24N8OS. The molecule has 168 valence electrons. The van der Waals surface area contributed by atoms with E-state index in [-0.39, 0.29) is 5.56 Å². The Hall–Kier alpha value is -3.53. The van der Waals surface area contributed by atoms with E-state index in [0.717, 1.165) is 47.5 Å². The van der Waals surface area contributed by atoms with Gasteiger partial charge in [0.25, 0.3) is 5.56 Å². The zero-order valence-corrected chi connectivity index (χ0v) is 19.6. The van der Waals surface area contributed by atoms with Crippen molar-refractivity contribution in [3.05, 3.63) is 69.8 Å². The van der Waals surface area contributed by atoms with Gasteiger partial charge >= 0.3 is 0 Å². The highest BCUT2D eigenvalue weighted by atomic mass is 32.2. The molecule has 0 aliphatic heterocycles. The van der Waals surface area contributed by atoms with Gasteiger partial charge in [-0.3, -0.25) is 9.20 Å². The summed E-state index contributed by atoms with van der Waals surface area (Å²) >= 11 is 1.50. The van der Waals surface area contributed by atoms with E-state index < -0.39 is 0 Å². The van der Waals surface area contributed by atoms with Gasteiger partial charge in [-0.1, -0.05) is 49.4 Å². The molecule has 0 radical (unpaired) electrons. The number of unbranched alkanes of at least 4 members (excludes halogenated alkanes) is 1. The Morgan fingerprint density at radius 2 is 1.85 bits per heavy atom. The lowest BCUT2D eigenvalue weighted by atomic mass is 10.1. The van der Waals surface area contributed by atoms with E-state index >= 15 is 0 Å². The Morgan fingerprint density at radius 3 is 2.70 bits per heavy atom. The Morgan fingerprint density at radius 1 is 1.00 bits per heavy atom. The van der Waals surface area contributed by atoms with Gasteiger partial charge < -0.3 is 0 Å². The first kappa shape index (κ1) is 21.3.